The van der Waals surface area contributed by atoms with Gasteiger partial charge in [0.15, 0.2) is 0 Å². The fourth-order valence-corrected chi connectivity index (χ4v) is 1.99. The van der Waals surface area contributed by atoms with Crippen LogP contribution in [0.2, 0.25) is 5.02 Å². The molecule has 2 aromatic carbocycles. The van der Waals surface area contributed by atoms with Crippen LogP contribution in [-0.2, 0) is 0 Å². The van der Waals surface area contributed by atoms with Gasteiger partial charge in [-0.2, -0.15) is 0 Å². The quantitative estimate of drug-likeness (QED) is 0.822. The molecule has 0 aliphatic rings. The Bertz CT molecular complexity index is 601. The van der Waals surface area contributed by atoms with Crippen molar-refractivity contribution >= 4 is 44.8 Å². The molecule has 18 heavy (non-hydrogen) atoms. The Morgan fingerprint density at radius 2 is 2.00 bits per heavy atom. The number of benzene rings is 2. The largest absolute Gasteiger partial charge is 0.399 e. The monoisotopic (exact) mass is 324 g/mol. The number of carbonyl (C=O) groups is 1. The lowest BCUT2D eigenvalue weighted by molar-refractivity contribution is 0.102. The van der Waals surface area contributed by atoms with Gasteiger partial charge >= 0.3 is 0 Å². The number of anilines is 2. The van der Waals surface area contributed by atoms with Crippen LogP contribution < -0.4 is 11.1 Å². The van der Waals surface area contributed by atoms with E-state index in [2.05, 4.69) is 21.2 Å². The van der Waals surface area contributed by atoms with Crippen molar-refractivity contribution in [3.05, 3.63) is 57.5 Å². The van der Waals surface area contributed by atoms with Crippen LogP contribution in [0.5, 0.6) is 0 Å². The van der Waals surface area contributed by atoms with Crippen LogP contribution in [0, 0.1) is 0 Å². The first kappa shape index (κ1) is 12.9. The van der Waals surface area contributed by atoms with Gasteiger partial charge < -0.3 is 11.1 Å². The summed E-state index contributed by atoms with van der Waals surface area (Å²) in [7, 11) is 0. The Morgan fingerprint density at radius 3 is 2.72 bits per heavy atom. The minimum absolute atomic E-state index is 0.248. The molecule has 5 heteroatoms. The van der Waals surface area contributed by atoms with Crippen molar-refractivity contribution in [1.82, 2.24) is 0 Å². The zero-order valence-corrected chi connectivity index (χ0v) is 11.6. The molecule has 0 saturated heterocycles. The van der Waals surface area contributed by atoms with E-state index in [0.29, 0.717) is 22.0 Å². The molecule has 3 nitrogen and oxygen atoms in total. The molecule has 0 radical (unpaired) electrons. The standard InChI is InChI=1S/C13H10BrClN2O/c14-9-4-5-11(15)12(7-9)17-13(18)8-2-1-3-10(16)6-8/h1-7H,16H2,(H,17,18). The number of halogens is 2. The first-order valence-corrected chi connectivity index (χ1v) is 6.35. The van der Waals surface area contributed by atoms with Crippen molar-refractivity contribution in [2.75, 3.05) is 11.1 Å². The van der Waals surface area contributed by atoms with Crippen LogP contribution in [-0.4, -0.2) is 5.91 Å². The Labute approximate surface area is 118 Å². The van der Waals surface area contributed by atoms with Crippen LogP contribution in [0.4, 0.5) is 11.4 Å². The topological polar surface area (TPSA) is 55.1 Å². The second-order valence-corrected chi connectivity index (χ2v) is 5.03. The molecular weight excluding hydrogens is 316 g/mol. The zero-order valence-electron chi connectivity index (χ0n) is 9.28. The lowest BCUT2D eigenvalue weighted by Crippen LogP contribution is -2.12. The predicted molar refractivity (Wildman–Crippen MR) is 78.0 cm³/mol. The van der Waals surface area contributed by atoms with Crippen LogP contribution in [0.25, 0.3) is 0 Å². The summed E-state index contributed by atoms with van der Waals surface area (Å²) in [6, 6.07) is 12.0. The van der Waals surface area contributed by atoms with Crippen molar-refractivity contribution < 1.29 is 4.79 Å². The predicted octanol–water partition coefficient (Wildman–Crippen LogP) is 3.94. The van der Waals surface area contributed by atoms with Crippen molar-refractivity contribution in [2.45, 2.75) is 0 Å². The molecule has 0 atom stereocenters. The first-order valence-electron chi connectivity index (χ1n) is 5.18. The fraction of sp³-hybridized carbons (Fsp3) is 0. The number of carbonyl (C=O) groups excluding carboxylic acids is 1. The van der Waals surface area contributed by atoms with E-state index in [1.807, 2.05) is 0 Å². The van der Waals surface area contributed by atoms with Gasteiger partial charge in [0.05, 0.1) is 10.7 Å². The normalized spacial score (nSPS) is 10.1. The zero-order chi connectivity index (χ0) is 13.1. The van der Waals surface area contributed by atoms with Crippen molar-refractivity contribution in [3.8, 4) is 0 Å². The number of amides is 1. The van der Waals surface area contributed by atoms with Gasteiger partial charge in [0.1, 0.15) is 0 Å². The SMILES string of the molecule is Nc1cccc(C(=O)Nc2cc(Br)ccc2Cl)c1. The Kier molecular flexibility index (Phi) is 3.89. The third kappa shape index (κ3) is 3.03. The maximum atomic E-state index is 12.0. The number of hydrogen-bond donors (Lipinski definition) is 2. The molecule has 2 aromatic rings. The van der Waals surface area contributed by atoms with E-state index in [-0.39, 0.29) is 5.91 Å². The summed E-state index contributed by atoms with van der Waals surface area (Å²) in [6.07, 6.45) is 0. The molecular formula is C13H10BrClN2O. The first-order chi connectivity index (χ1) is 8.56. The van der Waals surface area contributed by atoms with E-state index in [0.717, 1.165) is 4.47 Å². The van der Waals surface area contributed by atoms with E-state index in [1.165, 1.54) is 0 Å². The molecule has 0 bridgehead atoms. The van der Waals surface area contributed by atoms with Gasteiger partial charge in [-0.3, -0.25) is 4.79 Å². The van der Waals surface area contributed by atoms with Gasteiger partial charge in [-0.25, -0.2) is 0 Å². The molecule has 0 aliphatic carbocycles. The molecule has 0 unspecified atom stereocenters. The molecule has 0 aromatic heterocycles. The Morgan fingerprint density at radius 1 is 1.22 bits per heavy atom. The average molecular weight is 326 g/mol. The maximum Gasteiger partial charge on any atom is 0.255 e. The summed E-state index contributed by atoms with van der Waals surface area (Å²) < 4.78 is 0.842. The molecule has 1 amide bonds. The lowest BCUT2D eigenvalue weighted by Gasteiger charge is -2.08. The molecule has 0 heterocycles. The second kappa shape index (κ2) is 5.42. The minimum atomic E-state index is -0.248. The van der Waals surface area contributed by atoms with Gasteiger partial charge in [0.2, 0.25) is 0 Å². The molecule has 92 valence electrons. The molecule has 0 fully saturated rings. The molecule has 0 saturated carbocycles. The van der Waals surface area contributed by atoms with E-state index in [4.69, 9.17) is 17.3 Å². The van der Waals surface area contributed by atoms with Crippen molar-refractivity contribution in [3.63, 3.8) is 0 Å². The summed E-state index contributed by atoms with van der Waals surface area (Å²) in [5.74, 6) is -0.248. The summed E-state index contributed by atoms with van der Waals surface area (Å²) in [5.41, 5.74) is 7.22. The summed E-state index contributed by atoms with van der Waals surface area (Å²) in [5, 5.41) is 3.22. The van der Waals surface area contributed by atoms with Gasteiger partial charge in [-0.05, 0) is 36.4 Å². The van der Waals surface area contributed by atoms with E-state index in [9.17, 15) is 4.79 Å². The average Bonchev–Trinajstić information content (AvgIpc) is 2.34. The highest BCUT2D eigenvalue weighted by Gasteiger charge is 2.08. The highest BCUT2D eigenvalue weighted by Crippen LogP contribution is 2.26. The number of nitrogens with one attached hydrogen (secondary N) is 1. The fourth-order valence-electron chi connectivity index (χ4n) is 1.47. The molecule has 2 rings (SSSR count). The minimum Gasteiger partial charge on any atom is -0.399 e. The Balaban J connectivity index is 2.24. The number of nitrogens with two attached hydrogens (primary N) is 1. The van der Waals surface area contributed by atoms with Gasteiger partial charge in [0, 0.05) is 15.7 Å². The van der Waals surface area contributed by atoms with E-state index < -0.39 is 0 Å². The highest BCUT2D eigenvalue weighted by atomic mass is 79.9. The van der Waals surface area contributed by atoms with Crippen LogP contribution >= 0.6 is 27.5 Å². The van der Waals surface area contributed by atoms with Gasteiger partial charge in [-0.1, -0.05) is 33.6 Å². The summed E-state index contributed by atoms with van der Waals surface area (Å²) in [4.78, 5) is 12.0. The molecule has 0 aliphatic heterocycles. The summed E-state index contributed by atoms with van der Waals surface area (Å²) in [6.45, 7) is 0. The smallest absolute Gasteiger partial charge is 0.255 e. The van der Waals surface area contributed by atoms with Gasteiger partial charge in [0.25, 0.3) is 5.91 Å². The molecule has 0 spiro atoms. The van der Waals surface area contributed by atoms with Crippen LogP contribution in [0.3, 0.4) is 0 Å². The lowest BCUT2D eigenvalue weighted by atomic mass is 10.2. The van der Waals surface area contributed by atoms with Crippen molar-refractivity contribution in [1.29, 1.82) is 0 Å². The third-order valence-electron chi connectivity index (χ3n) is 2.33. The number of nitrogen functional groups attached to an aromatic ring is 1. The number of hydrogen-bond acceptors (Lipinski definition) is 2. The van der Waals surface area contributed by atoms with Crippen LogP contribution in [0.15, 0.2) is 46.9 Å². The second-order valence-electron chi connectivity index (χ2n) is 3.70. The maximum absolute atomic E-state index is 12.0. The van der Waals surface area contributed by atoms with Gasteiger partial charge in [-0.15, -0.1) is 0 Å². The van der Waals surface area contributed by atoms with E-state index in [1.54, 1.807) is 42.5 Å². The highest BCUT2D eigenvalue weighted by molar-refractivity contribution is 9.10. The number of rotatable bonds is 2. The van der Waals surface area contributed by atoms with Crippen LogP contribution in [0.1, 0.15) is 10.4 Å². The van der Waals surface area contributed by atoms with Crippen molar-refractivity contribution in [2.24, 2.45) is 0 Å². The molecule has 3 N–H and O–H groups in total. The third-order valence-corrected chi connectivity index (χ3v) is 3.15. The Hall–Kier alpha value is -1.52. The van der Waals surface area contributed by atoms with E-state index >= 15 is 0 Å². The summed E-state index contributed by atoms with van der Waals surface area (Å²) >= 11 is 9.32.